The van der Waals surface area contributed by atoms with Crippen molar-refractivity contribution in [1.29, 1.82) is 0 Å². The second-order valence-corrected chi connectivity index (χ2v) is 4.33. The molecule has 0 radical (unpaired) electrons. The quantitative estimate of drug-likeness (QED) is 0.812. The summed E-state index contributed by atoms with van der Waals surface area (Å²) in [4.78, 5) is 0. The molecule has 2 atom stereocenters. The Bertz CT molecular complexity index is 371. The zero-order chi connectivity index (χ0) is 13.5. The highest BCUT2D eigenvalue weighted by molar-refractivity contribution is 5.30. The summed E-state index contributed by atoms with van der Waals surface area (Å²) < 4.78 is 24.2. The van der Waals surface area contributed by atoms with Gasteiger partial charge in [0.25, 0.3) is 0 Å². The van der Waals surface area contributed by atoms with Gasteiger partial charge in [0, 0.05) is 13.2 Å². The lowest BCUT2D eigenvalue weighted by atomic mass is 10.1. The number of nitrogens with one attached hydrogen (secondary N) is 1. The molecule has 0 spiro atoms. The largest absolute Gasteiger partial charge is 0.488 e. The van der Waals surface area contributed by atoms with Crippen molar-refractivity contribution in [3.8, 4) is 5.75 Å². The number of benzene rings is 1. The molecule has 1 aromatic carbocycles. The Balaban J connectivity index is 2.67. The van der Waals surface area contributed by atoms with Crippen molar-refractivity contribution < 1.29 is 13.9 Å². The molecule has 1 N–H and O–H groups in total. The van der Waals surface area contributed by atoms with E-state index in [1.165, 1.54) is 6.07 Å². The molecule has 2 unspecified atom stereocenters. The second kappa shape index (κ2) is 7.34. The summed E-state index contributed by atoms with van der Waals surface area (Å²) in [5.41, 5.74) is 0.918. The van der Waals surface area contributed by atoms with Crippen LogP contribution >= 0.6 is 0 Å². The predicted molar refractivity (Wildman–Crippen MR) is 70.5 cm³/mol. The van der Waals surface area contributed by atoms with Crippen LogP contribution in [0.25, 0.3) is 0 Å². The van der Waals surface area contributed by atoms with E-state index in [1.807, 2.05) is 26.8 Å². The third-order valence-corrected chi connectivity index (χ3v) is 2.84. The molecular weight excluding hydrogens is 233 g/mol. The van der Waals surface area contributed by atoms with Crippen LogP contribution in [0.3, 0.4) is 0 Å². The first-order chi connectivity index (χ1) is 8.58. The lowest BCUT2D eigenvalue weighted by Crippen LogP contribution is -2.18. The summed E-state index contributed by atoms with van der Waals surface area (Å²) in [7, 11) is 1.60. The fraction of sp³-hybridized carbons (Fsp3) is 0.571. The van der Waals surface area contributed by atoms with Crippen LogP contribution in [-0.4, -0.2) is 26.4 Å². The third-order valence-electron chi connectivity index (χ3n) is 2.84. The van der Waals surface area contributed by atoms with Crippen LogP contribution in [0.15, 0.2) is 18.2 Å². The van der Waals surface area contributed by atoms with E-state index in [0.717, 1.165) is 12.1 Å². The van der Waals surface area contributed by atoms with Crippen LogP contribution in [0.1, 0.15) is 32.4 Å². The summed E-state index contributed by atoms with van der Waals surface area (Å²) in [6.07, 6.45) is -0.0511. The first-order valence-electron chi connectivity index (χ1n) is 6.26. The molecule has 1 aromatic rings. The molecule has 4 heteroatoms. The number of methoxy groups -OCH3 is 1. The molecule has 0 aromatic heterocycles. The average Bonchev–Trinajstić information content (AvgIpc) is 2.37. The molecule has 3 nitrogen and oxygen atoms in total. The molecule has 0 aliphatic carbocycles. The maximum absolute atomic E-state index is 13.8. The SMILES string of the molecule is CCNC(C)c1ccc(OCC(C)OC)c(F)c1. The Kier molecular flexibility index (Phi) is 6.09. The molecule has 0 aliphatic rings. The lowest BCUT2D eigenvalue weighted by molar-refractivity contribution is 0.0701. The van der Waals surface area contributed by atoms with Crippen molar-refractivity contribution in [1.82, 2.24) is 5.32 Å². The molecule has 0 fully saturated rings. The Labute approximate surface area is 108 Å². The molecule has 0 aliphatic heterocycles. The van der Waals surface area contributed by atoms with E-state index in [2.05, 4.69) is 5.32 Å². The van der Waals surface area contributed by atoms with Gasteiger partial charge in [-0.15, -0.1) is 0 Å². The van der Waals surface area contributed by atoms with E-state index >= 15 is 0 Å². The minimum absolute atomic E-state index is 0.0511. The van der Waals surface area contributed by atoms with E-state index in [-0.39, 0.29) is 23.7 Å². The van der Waals surface area contributed by atoms with Crippen molar-refractivity contribution in [2.45, 2.75) is 32.9 Å². The van der Waals surface area contributed by atoms with Crippen molar-refractivity contribution in [3.63, 3.8) is 0 Å². The number of halogens is 1. The minimum Gasteiger partial charge on any atom is -0.488 e. The summed E-state index contributed by atoms with van der Waals surface area (Å²) in [6.45, 7) is 7.10. The van der Waals surface area contributed by atoms with Crippen LogP contribution < -0.4 is 10.1 Å². The van der Waals surface area contributed by atoms with Gasteiger partial charge in [0.2, 0.25) is 0 Å². The van der Waals surface area contributed by atoms with Crippen molar-refractivity contribution in [2.75, 3.05) is 20.3 Å². The summed E-state index contributed by atoms with van der Waals surface area (Å²) in [5.74, 6) is -0.0631. The van der Waals surface area contributed by atoms with E-state index in [1.54, 1.807) is 13.2 Å². The highest BCUT2D eigenvalue weighted by Crippen LogP contribution is 2.22. The highest BCUT2D eigenvalue weighted by atomic mass is 19.1. The number of rotatable bonds is 7. The van der Waals surface area contributed by atoms with Gasteiger partial charge in [-0.1, -0.05) is 13.0 Å². The molecule has 18 heavy (non-hydrogen) atoms. The topological polar surface area (TPSA) is 30.5 Å². The molecule has 0 bridgehead atoms. The zero-order valence-electron chi connectivity index (χ0n) is 11.5. The number of ether oxygens (including phenoxy) is 2. The van der Waals surface area contributed by atoms with Crippen molar-refractivity contribution >= 4 is 0 Å². The van der Waals surface area contributed by atoms with Crippen LogP contribution in [-0.2, 0) is 4.74 Å². The van der Waals surface area contributed by atoms with E-state index in [0.29, 0.717) is 6.61 Å². The normalized spacial score (nSPS) is 14.3. The maximum Gasteiger partial charge on any atom is 0.165 e. The Morgan fingerprint density at radius 1 is 1.33 bits per heavy atom. The third kappa shape index (κ3) is 4.27. The second-order valence-electron chi connectivity index (χ2n) is 4.33. The van der Waals surface area contributed by atoms with Crippen molar-refractivity contribution in [2.24, 2.45) is 0 Å². The molecule has 0 saturated heterocycles. The smallest absolute Gasteiger partial charge is 0.165 e. The zero-order valence-corrected chi connectivity index (χ0v) is 11.5. The van der Waals surface area contributed by atoms with Gasteiger partial charge in [0.05, 0.1) is 6.10 Å². The van der Waals surface area contributed by atoms with Crippen molar-refractivity contribution in [3.05, 3.63) is 29.6 Å². The first-order valence-corrected chi connectivity index (χ1v) is 6.26. The predicted octanol–water partition coefficient (Wildman–Crippen LogP) is 2.91. The Hall–Kier alpha value is -1.13. The van der Waals surface area contributed by atoms with Gasteiger partial charge in [-0.05, 0) is 38.1 Å². The van der Waals surface area contributed by atoms with Gasteiger partial charge in [-0.25, -0.2) is 4.39 Å². The van der Waals surface area contributed by atoms with E-state index < -0.39 is 0 Å². The van der Waals surface area contributed by atoms with Crippen LogP contribution in [0.4, 0.5) is 4.39 Å². The minimum atomic E-state index is -0.333. The molecule has 0 amide bonds. The molecule has 0 saturated carbocycles. The van der Waals surface area contributed by atoms with Crippen LogP contribution in [0.2, 0.25) is 0 Å². The fourth-order valence-corrected chi connectivity index (χ4v) is 1.60. The number of hydrogen-bond donors (Lipinski definition) is 1. The fourth-order valence-electron chi connectivity index (χ4n) is 1.60. The standard InChI is InChI=1S/C14H22FNO2/c1-5-16-11(3)12-6-7-14(13(15)8-12)18-9-10(2)17-4/h6-8,10-11,16H,5,9H2,1-4H3. The van der Waals surface area contributed by atoms with Gasteiger partial charge in [-0.3, -0.25) is 0 Å². The first kappa shape index (κ1) is 14.9. The van der Waals surface area contributed by atoms with E-state index in [9.17, 15) is 4.39 Å². The average molecular weight is 255 g/mol. The monoisotopic (exact) mass is 255 g/mol. The Morgan fingerprint density at radius 3 is 2.61 bits per heavy atom. The molecule has 1 rings (SSSR count). The Morgan fingerprint density at radius 2 is 2.06 bits per heavy atom. The summed E-state index contributed by atoms with van der Waals surface area (Å²) in [6, 6.07) is 5.20. The maximum atomic E-state index is 13.8. The summed E-state index contributed by atoms with van der Waals surface area (Å²) >= 11 is 0. The molecule has 0 heterocycles. The molecule has 102 valence electrons. The number of hydrogen-bond acceptors (Lipinski definition) is 3. The van der Waals surface area contributed by atoms with E-state index in [4.69, 9.17) is 9.47 Å². The van der Waals surface area contributed by atoms with Gasteiger partial charge in [0.1, 0.15) is 6.61 Å². The van der Waals surface area contributed by atoms with Gasteiger partial charge in [0.15, 0.2) is 11.6 Å². The molecular formula is C14H22FNO2. The van der Waals surface area contributed by atoms with Gasteiger partial charge in [-0.2, -0.15) is 0 Å². The lowest BCUT2D eigenvalue weighted by Gasteiger charge is -2.15. The van der Waals surface area contributed by atoms with Crippen LogP contribution in [0.5, 0.6) is 5.75 Å². The van der Waals surface area contributed by atoms with Gasteiger partial charge < -0.3 is 14.8 Å². The highest BCUT2D eigenvalue weighted by Gasteiger charge is 2.10. The summed E-state index contributed by atoms with van der Waals surface area (Å²) in [5, 5.41) is 3.24. The van der Waals surface area contributed by atoms with Crippen LogP contribution in [0, 0.1) is 5.82 Å². The van der Waals surface area contributed by atoms with Gasteiger partial charge >= 0.3 is 0 Å².